The second-order valence-corrected chi connectivity index (χ2v) is 7.74. The quantitative estimate of drug-likeness (QED) is 0.449. The summed E-state index contributed by atoms with van der Waals surface area (Å²) < 4.78 is 8.70. The number of ether oxygens (including phenoxy) is 1. The first-order chi connectivity index (χ1) is 10.5. The molecule has 0 heterocycles. The Morgan fingerprint density at radius 3 is 2.55 bits per heavy atom. The van der Waals surface area contributed by atoms with Crippen LogP contribution in [-0.4, -0.2) is 6.61 Å². The molecule has 118 valence electrons. The van der Waals surface area contributed by atoms with Gasteiger partial charge in [0.2, 0.25) is 0 Å². The molecule has 0 unspecified atom stereocenters. The molecule has 6 heteroatoms. The molecule has 0 bridgehead atoms. The molecule has 0 atom stereocenters. The van der Waals surface area contributed by atoms with Crippen LogP contribution in [0.15, 0.2) is 43.7 Å². The SMILES string of the molecule is CCCOc1c(Br)cc(Br)cc1CNc1ccc(Br)c(Cl)c1. The molecule has 1 N–H and O–H groups in total. The zero-order valence-corrected chi connectivity index (χ0v) is 17.4. The molecule has 2 nitrogen and oxygen atoms in total. The number of benzene rings is 2. The van der Waals surface area contributed by atoms with Gasteiger partial charge in [-0.05, 0) is 68.6 Å². The van der Waals surface area contributed by atoms with Crippen molar-refractivity contribution in [1.82, 2.24) is 0 Å². The summed E-state index contributed by atoms with van der Waals surface area (Å²) in [5, 5.41) is 4.06. The maximum atomic E-state index is 6.12. The second-order valence-electron chi connectivity index (χ2n) is 4.71. The van der Waals surface area contributed by atoms with Crippen LogP contribution < -0.4 is 10.1 Å². The molecule has 0 aliphatic heterocycles. The Labute approximate surface area is 161 Å². The average Bonchev–Trinajstić information content (AvgIpc) is 2.47. The Morgan fingerprint density at radius 1 is 1.09 bits per heavy atom. The van der Waals surface area contributed by atoms with Crippen LogP contribution >= 0.6 is 59.4 Å². The summed E-state index contributed by atoms with van der Waals surface area (Å²) in [6.07, 6.45) is 0.970. The average molecular weight is 512 g/mol. The van der Waals surface area contributed by atoms with Crippen molar-refractivity contribution in [2.45, 2.75) is 19.9 Å². The minimum absolute atomic E-state index is 0.648. The normalized spacial score (nSPS) is 10.6. The van der Waals surface area contributed by atoms with Crippen LogP contribution in [-0.2, 0) is 6.54 Å². The van der Waals surface area contributed by atoms with Crippen molar-refractivity contribution in [3.05, 3.63) is 54.3 Å². The Bertz CT molecular complexity index is 664. The maximum absolute atomic E-state index is 6.12. The fraction of sp³-hybridized carbons (Fsp3) is 0.250. The molecule has 22 heavy (non-hydrogen) atoms. The number of anilines is 1. The van der Waals surface area contributed by atoms with Crippen molar-refractivity contribution in [3.8, 4) is 5.75 Å². The van der Waals surface area contributed by atoms with Crippen LogP contribution in [0.1, 0.15) is 18.9 Å². The van der Waals surface area contributed by atoms with Crippen LogP contribution in [0.3, 0.4) is 0 Å². The summed E-state index contributed by atoms with van der Waals surface area (Å²) in [4.78, 5) is 0. The van der Waals surface area contributed by atoms with Crippen molar-refractivity contribution in [2.75, 3.05) is 11.9 Å². The van der Waals surface area contributed by atoms with E-state index in [9.17, 15) is 0 Å². The van der Waals surface area contributed by atoms with Crippen LogP contribution in [0.25, 0.3) is 0 Å². The Morgan fingerprint density at radius 2 is 1.86 bits per heavy atom. The molecule has 0 spiro atoms. The summed E-state index contributed by atoms with van der Waals surface area (Å²) >= 11 is 16.6. The van der Waals surface area contributed by atoms with Gasteiger partial charge in [-0.25, -0.2) is 0 Å². The smallest absolute Gasteiger partial charge is 0.138 e. The first kappa shape index (κ1) is 18.1. The van der Waals surface area contributed by atoms with Crippen molar-refractivity contribution < 1.29 is 4.74 Å². The van der Waals surface area contributed by atoms with Gasteiger partial charge < -0.3 is 10.1 Å². The van der Waals surface area contributed by atoms with E-state index in [1.54, 1.807) is 0 Å². The lowest BCUT2D eigenvalue weighted by Gasteiger charge is -2.15. The third-order valence-electron chi connectivity index (χ3n) is 2.94. The molecule has 0 radical (unpaired) electrons. The van der Waals surface area contributed by atoms with E-state index in [2.05, 4.69) is 66.1 Å². The molecule has 2 aromatic carbocycles. The fourth-order valence-electron chi connectivity index (χ4n) is 1.91. The standard InChI is InChI=1S/C16H15Br3ClNO/c1-2-5-22-16-10(6-11(17)7-14(16)19)9-21-12-3-4-13(18)15(20)8-12/h3-4,6-8,21H,2,5,9H2,1H3. The predicted molar refractivity (Wildman–Crippen MR) is 104 cm³/mol. The van der Waals surface area contributed by atoms with Gasteiger partial charge in [0.1, 0.15) is 5.75 Å². The van der Waals surface area contributed by atoms with Crippen molar-refractivity contribution >= 4 is 65.1 Å². The second kappa shape index (κ2) is 8.57. The van der Waals surface area contributed by atoms with E-state index < -0.39 is 0 Å². The molecule has 2 rings (SSSR count). The lowest BCUT2D eigenvalue weighted by molar-refractivity contribution is 0.312. The number of hydrogen-bond donors (Lipinski definition) is 1. The topological polar surface area (TPSA) is 21.3 Å². The lowest BCUT2D eigenvalue weighted by Crippen LogP contribution is -2.05. The zero-order chi connectivity index (χ0) is 16.1. The van der Waals surface area contributed by atoms with Gasteiger partial charge in [-0.1, -0.05) is 34.5 Å². The molecule has 0 fully saturated rings. The fourth-order valence-corrected chi connectivity index (χ4v) is 3.77. The Kier molecular flexibility index (Phi) is 7.06. The summed E-state index contributed by atoms with van der Waals surface area (Å²) in [6.45, 7) is 3.43. The van der Waals surface area contributed by atoms with E-state index >= 15 is 0 Å². The number of rotatable bonds is 6. The first-order valence-electron chi connectivity index (χ1n) is 6.81. The lowest BCUT2D eigenvalue weighted by atomic mass is 10.2. The molecule has 0 aliphatic carbocycles. The largest absolute Gasteiger partial charge is 0.492 e. The highest BCUT2D eigenvalue weighted by molar-refractivity contribution is 9.11. The molecule has 0 amide bonds. The zero-order valence-electron chi connectivity index (χ0n) is 11.9. The van der Waals surface area contributed by atoms with E-state index in [1.165, 1.54) is 0 Å². The van der Waals surface area contributed by atoms with Crippen LogP contribution in [0.2, 0.25) is 5.02 Å². The van der Waals surface area contributed by atoms with Crippen LogP contribution in [0.4, 0.5) is 5.69 Å². The summed E-state index contributed by atoms with van der Waals surface area (Å²) in [5.41, 5.74) is 2.04. The molecular weight excluding hydrogens is 497 g/mol. The number of nitrogens with one attached hydrogen (secondary N) is 1. The van der Waals surface area contributed by atoms with Gasteiger partial charge in [-0.2, -0.15) is 0 Å². The molecule has 0 saturated carbocycles. The van der Waals surface area contributed by atoms with E-state index in [1.807, 2.05) is 24.3 Å². The van der Waals surface area contributed by atoms with E-state index in [0.29, 0.717) is 18.2 Å². The highest BCUT2D eigenvalue weighted by Crippen LogP contribution is 2.34. The third kappa shape index (κ3) is 4.88. The monoisotopic (exact) mass is 509 g/mol. The van der Waals surface area contributed by atoms with Gasteiger partial charge in [0, 0.05) is 26.7 Å². The van der Waals surface area contributed by atoms with Gasteiger partial charge in [-0.15, -0.1) is 0 Å². The minimum atomic E-state index is 0.648. The van der Waals surface area contributed by atoms with Gasteiger partial charge >= 0.3 is 0 Å². The van der Waals surface area contributed by atoms with Crippen LogP contribution in [0.5, 0.6) is 5.75 Å². The Hall–Kier alpha value is -0.230. The molecular formula is C16H15Br3ClNO. The van der Waals surface area contributed by atoms with E-state index in [0.717, 1.165) is 36.8 Å². The Balaban J connectivity index is 2.18. The molecule has 0 aromatic heterocycles. The molecule has 0 saturated heterocycles. The first-order valence-corrected chi connectivity index (χ1v) is 9.56. The van der Waals surface area contributed by atoms with E-state index in [-0.39, 0.29) is 0 Å². The number of halogens is 4. The highest BCUT2D eigenvalue weighted by Gasteiger charge is 2.10. The van der Waals surface area contributed by atoms with Crippen molar-refractivity contribution in [2.24, 2.45) is 0 Å². The van der Waals surface area contributed by atoms with Gasteiger partial charge in [0.15, 0.2) is 0 Å². The molecule has 2 aromatic rings. The number of hydrogen-bond acceptors (Lipinski definition) is 2. The van der Waals surface area contributed by atoms with Gasteiger partial charge in [-0.3, -0.25) is 0 Å². The van der Waals surface area contributed by atoms with E-state index in [4.69, 9.17) is 16.3 Å². The van der Waals surface area contributed by atoms with Crippen molar-refractivity contribution in [3.63, 3.8) is 0 Å². The van der Waals surface area contributed by atoms with Crippen molar-refractivity contribution in [1.29, 1.82) is 0 Å². The predicted octanol–water partition coefficient (Wildman–Crippen LogP) is 7.03. The maximum Gasteiger partial charge on any atom is 0.138 e. The highest BCUT2D eigenvalue weighted by atomic mass is 79.9. The van der Waals surface area contributed by atoms with Gasteiger partial charge in [0.25, 0.3) is 0 Å². The summed E-state index contributed by atoms with van der Waals surface area (Å²) in [6, 6.07) is 9.85. The van der Waals surface area contributed by atoms with Crippen LogP contribution in [0, 0.1) is 0 Å². The minimum Gasteiger partial charge on any atom is -0.492 e. The summed E-state index contributed by atoms with van der Waals surface area (Å²) in [7, 11) is 0. The third-order valence-corrected chi connectivity index (χ3v) is 5.22. The summed E-state index contributed by atoms with van der Waals surface area (Å²) in [5.74, 6) is 0.876. The van der Waals surface area contributed by atoms with Gasteiger partial charge in [0.05, 0.1) is 16.1 Å². The molecule has 0 aliphatic rings.